The van der Waals surface area contributed by atoms with Crippen LogP contribution in [0.4, 0.5) is 0 Å². The summed E-state index contributed by atoms with van der Waals surface area (Å²) in [5.74, 6) is 0. The van der Waals surface area contributed by atoms with E-state index in [1.807, 2.05) is 0 Å². The second-order valence-corrected chi connectivity index (χ2v) is 5.94. The van der Waals surface area contributed by atoms with Crippen LogP contribution in [-0.4, -0.2) is 30.9 Å². The first kappa shape index (κ1) is 12.2. The highest BCUT2D eigenvalue weighted by atomic mass is 32.3. The Bertz CT molecular complexity index is 249. The van der Waals surface area contributed by atoms with Gasteiger partial charge in [0.05, 0.1) is 0 Å². The lowest BCUT2D eigenvalue weighted by Crippen LogP contribution is -2.36. The van der Waals surface area contributed by atoms with Gasteiger partial charge in [-0.2, -0.15) is 4.33 Å². The van der Waals surface area contributed by atoms with Gasteiger partial charge in [-0.25, -0.2) is 12.7 Å². The predicted octanol–water partition coefficient (Wildman–Crippen LogP) is -0.369. The highest BCUT2D eigenvalue weighted by Crippen LogP contribution is 2.17. The summed E-state index contributed by atoms with van der Waals surface area (Å²) in [5.41, 5.74) is 0. The number of rotatable bonds is 5. The third-order valence-corrected chi connectivity index (χ3v) is 4.86. The van der Waals surface area contributed by atoms with Crippen LogP contribution in [0.2, 0.25) is 0 Å². The molecule has 84 valence electrons. The van der Waals surface area contributed by atoms with Crippen LogP contribution in [-0.2, 0) is 19.4 Å². The fourth-order valence-corrected chi connectivity index (χ4v) is 3.41. The van der Waals surface area contributed by atoms with Gasteiger partial charge in [-0.1, -0.05) is 6.42 Å². The highest BCUT2D eigenvalue weighted by Gasteiger charge is 2.23. The largest absolute Gasteiger partial charge is 0.691 e. The molecule has 14 heavy (non-hydrogen) atoms. The second-order valence-electron chi connectivity index (χ2n) is 2.94. The van der Waals surface area contributed by atoms with Crippen molar-refractivity contribution in [2.45, 2.75) is 19.3 Å². The molecule has 0 aliphatic carbocycles. The Morgan fingerprint density at radius 1 is 1.29 bits per heavy atom. The number of hydrogen-bond acceptors (Lipinski definition) is 6. The van der Waals surface area contributed by atoms with Gasteiger partial charge in [0.15, 0.2) is 0 Å². The molecule has 0 radical (unpaired) electrons. The van der Waals surface area contributed by atoms with Crippen molar-refractivity contribution in [3.63, 3.8) is 0 Å². The minimum absolute atomic E-state index is 0.282. The summed E-state index contributed by atoms with van der Waals surface area (Å²) < 4.78 is 28.4. The van der Waals surface area contributed by atoms with Crippen LogP contribution >= 0.6 is 12.0 Å². The van der Waals surface area contributed by atoms with Crippen molar-refractivity contribution in [2.24, 2.45) is 0 Å². The third-order valence-electron chi connectivity index (χ3n) is 1.98. The Kier molecular flexibility index (Phi) is 5.13. The molecule has 0 bridgehead atoms. The summed E-state index contributed by atoms with van der Waals surface area (Å²) in [6.07, 6.45) is 2.85. The van der Waals surface area contributed by atoms with Gasteiger partial charge in [-0.3, -0.25) is 5.04 Å². The van der Waals surface area contributed by atoms with E-state index in [1.54, 1.807) is 0 Å². The molecule has 1 fully saturated rings. The highest BCUT2D eigenvalue weighted by molar-refractivity contribution is 8.08. The van der Waals surface area contributed by atoms with Crippen LogP contribution in [0.1, 0.15) is 19.3 Å². The maximum absolute atomic E-state index is 11.5. The topological polar surface area (TPSA) is 78.9 Å². The average molecular weight is 242 g/mol. The molecular formula is C6H12NO5S2-. The molecule has 1 saturated heterocycles. The zero-order valence-electron chi connectivity index (χ0n) is 7.55. The summed E-state index contributed by atoms with van der Waals surface area (Å²) in [5, 5.41) is 12.2. The van der Waals surface area contributed by atoms with Crippen molar-refractivity contribution >= 4 is 22.1 Å². The number of hydrogen-bond donors (Lipinski definition) is 0. The summed E-state index contributed by atoms with van der Waals surface area (Å²) >= 11 is 0.489. The molecule has 6 nitrogen and oxygen atoms in total. The van der Waals surface area contributed by atoms with Gasteiger partial charge in [-0.15, -0.1) is 0 Å². The summed E-state index contributed by atoms with van der Waals surface area (Å²) in [6, 6.07) is 0. The van der Waals surface area contributed by atoms with Crippen molar-refractivity contribution < 1.29 is 23.0 Å². The van der Waals surface area contributed by atoms with E-state index in [4.69, 9.17) is 0 Å². The molecule has 8 heteroatoms. The second kappa shape index (κ2) is 5.89. The van der Waals surface area contributed by atoms with E-state index in [0.29, 0.717) is 25.1 Å². The Balaban J connectivity index is 2.38. The molecule has 0 aromatic heterocycles. The van der Waals surface area contributed by atoms with Gasteiger partial charge in [0.25, 0.3) is 0 Å². The van der Waals surface area contributed by atoms with Crippen molar-refractivity contribution in [1.82, 2.24) is 4.31 Å². The normalized spacial score (nSPS) is 19.8. The minimum atomic E-state index is -3.30. The number of nitrogens with zero attached hydrogens (tertiary/aromatic N) is 1. The first-order valence-electron chi connectivity index (χ1n) is 4.23. The first-order chi connectivity index (χ1) is 6.67. The van der Waals surface area contributed by atoms with Gasteiger partial charge in [0.1, 0.15) is 5.08 Å². The molecule has 0 saturated carbocycles. The zero-order chi connectivity index (χ0) is 10.4. The Morgan fingerprint density at radius 2 is 1.93 bits per heavy atom. The monoisotopic (exact) mass is 242 g/mol. The van der Waals surface area contributed by atoms with Gasteiger partial charge in [0.2, 0.25) is 10.0 Å². The van der Waals surface area contributed by atoms with E-state index in [9.17, 15) is 13.7 Å². The van der Waals surface area contributed by atoms with Gasteiger partial charge < -0.3 is 5.26 Å². The smallest absolute Gasteiger partial charge is 0.225 e. The Morgan fingerprint density at radius 3 is 2.50 bits per heavy atom. The fraction of sp³-hybridized carbons (Fsp3) is 1.00. The van der Waals surface area contributed by atoms with Crippen LogP contribution < -0.4 is 5.26 Å². The summed E-state index contributed by atoms with van der Waals surface area (Å²) in [7, 11) is -3.30. The van der Waals surface area contributed by atoms with Gasteiger partial charge >= 0.3 is 0 Å². The molecule has 0 aromatic rings. The summed E-state index contributed by atoms with van der Waals surface area (Å²) in [6.45, 7) is 1.11. The maximum atomic E-state index is 11.5. The van der Waals surface area contributed by atoms with E-state index in [2.05, 4.69) is 9.37 Å². The first-order valence-corrected chi connectivity index (χ1v) is 6.75. The van der Waals surface area contributed by atoms with E-state index >= 15 is 0 Å². The van der Waals surface area contributed by atoms with Crippen LogP contribution in [0.5, 0.6) is 0 Å². The molecule has 1 heterocycles. The lowest BCUT2D eigenvalue weighted by atomic mass is 10.2. The molecule has 1 aliphatic rings. The molecule has 0 atom stereocenters. The lowest BCUT2D eigenvalue weighted by molar-refractivity contribution is -0.777. The van der Waals surface area contributed by atoms with Crippen LogP contribution in [0.3, 0.4) is 0 Å². The van der Waals surface area contributed by atoms with E-state index < -0.39 is 10.0 Å². The summed E-state index contributed by atoms with van der Waals surface area (Å²) in [4.78, 5) is 0. The van der Waals surface area contributed by atoms with Crippen molar-refractivity contribution in [3.05, 3.63) is 0 Å². The SMILES string of the molecule is O=S(=O)(CSOO[O-])N1CCCCC1. The Labute approximate surface area is 87.3 Å². The van der Waals surface area contributed by atoms with Crippen molar-refractivity contribution in [3.8, 4) is 0 Å². The lowest BCUT2D eigenvalue weighted by Gasteiger charge is -2.25. The number of piperidine rings is 1. The van der Waals surface area contributed by atoms with Gasteiger partial charge in [-0.05, 0) is 12.8 Å². The maximum Gasteiger partial charge on any atom is 0.225 e. The third kappa shape index (κ3) is 3.71. The minimum Gasteiger partial charge on any atom is -0.691 e. The van der Waals surface area contributed by atoms with Crippen LogP contribution in [0.15, 0.2) is 0 Å². The molecule has 1 aliphatic heterocycles. The average Bonchev–Trinajstić information content (AvgIpc) is 2.19. The van der Waals surface area contributed by atoms with Crippen LogP contribution in [0.25, 0.3) is 0 Å². The van der Waals surface area contributed by atoms with E-state index in [1.165, 1.54) is 4.31 Å². The number of sulfonamides is 1. The standard InChI is InChI=1S/C6H13NO5S2/c8-11-12-13-6-14(9,10)7-4-2-1-3-5-7/h8H,1-6H2/p-1. The van der Waals surface area contributed by atoms with E-state index in [0.717, 1.165) is 19.3 Å². The molecular weight excluding hydrogens is 230 g/mol. The molecule has 0 unspecified atom stereocenters. The van der Waals surface area contributed by atoms with Gasteiger partial charge in [0, 0.05) is 25.1 Å². The fourth-order valence-electron chi connectivity index (χ4n) is 1.32. The predicted molar refractivity (Wildman–Crippen MR) is 49.0 cm³/mol. The Hall–Kier alpha value is 0.140. The molecule has 0 amide bonds. The quantitative estimate of drug-likeness (QED) is 0.283. The van der Waals surface area contributed by atoms with E-state index in [-0.39, 0.29) is 5.08 Å². The van der Waals surface area contributed by atoms with Crippen molar-refractivity contribution in [1.29, 1.82) is 0 Å². The molecule has 0 N–H and O–H groups in total. The molecule has 0 aromatic carbocycles. The van der Waals surface area contributed by atoms with Crippen molar-refractivity contribution in [2.75, 3.05) is 18.2 Å². The zero-order valence-corrected chi connectivity index (χ0v) is 9.18. The molecule has 0 spiro atoms. The molecule has 1 rings (SSSR count). The van der Waals surface area contributed by atoms with Crippen LogP contribution in [0, 0.1) is 0 Å².